The first-order valence-electron chi connectivity index (χ1n) is 3.72. The summed E-state index contributed by atoms with van der Waals surface area (Å²) in [6.07, 6.45) is -2.57. The number of ether oxygens (including phenoxy) is 1. The zero-order chi connectivity index (χ0) is 8.85. The molecule has 3 atom stereocenters. The van der Waals surface area contributed by atoms with Crippen LogP contribution in [0.1, 0.15) is 13.8 Å². The lowest BCUT2D eigenvalue weighted by atomic mass is 10.1. The first kappa shape index (κ1) is 10.8. The van der Waals surface area contributed by atoms with Crippen molar-refractivity contribution in [2.75, 3.05) is 13.2 Å². The van der Waals surface area contributed by atoms with E-state index in [4.69, 9.17) is 14.9 Å². The second-order valence-electron chi connectivity index (χ2n) is 2.41. The van der Waals surface area contributed by atoms with E-state index >= 15 is 0 Å². The molecule has 4 heteroatoms. The molecule has 0 saturated heterocycles. The Hall–Kier alpha value is -0.160. The van der Waals surface area contributed by atoms with Gasteiger partial charge in [-0.25, -0.2) is 0 Å². The quantitative estimate of drug-likeness (QED) is 0.494. The molecule has 0 spiro atoms. The second kappa shape index (κ2) is 5.49. The normalized spacial score (nSPS) is 19.4. The maximum Gasteiger partial charge on any atom is 0.109 e. The van der Waals surface area contributed by atoms with Crippen molar-refractivity contribution in [3.8, 4) is 0 Å². The van der Waals surface area contributed by atoms with Crippen LogP contribution >= 0.6 is 0 Å². The lowest BCUT2D eigenvalue weighted by Crippen LogP contribution is -2.39. The van der Waals surface area contributed by atoms with Crippen molar-refractivity contribution in [3.63, 3.8) is 0 Å². The highest BCUT2D eigenvalue weighted by molar-refractivity contribution is 4.72. The van der Waals surface area contributed by atoms with Gasteiger partial charge in [0.1, 0.15) is 12.2 Å². The molecule has 0 heterocycles. The molecule has 0 aliphatic rings. The molecule has 0 saturated carbocycles. The molecule has 3 N–H and O–H groups in total. The number of aliphatic hydroxyl groups is 3. The predicted octanol–water partition coefficient (Wildman–Crippen LogP) is -0.875. The summed E-state index contributed by atoms with van der Waals surface area (Å²) in [5.41, 5.74) is 0. The van der Waals surface area contributed by atoms with Gasteiger partial charge in [-0.05, 0) is 13.8 Å². The van der Waals surface area contributed by atoms with E-state index in [0.717, 1.165) is 0 Å². The van der Waals surface area contributed by atoms with E-state index in [1.807, 2.05) is 0 Å². The molecule has 0 rings (SSSR count). The molecule has 0 aromatic rings. The van der Waals surface area contributed by atoms with Gasteiger partial charge in [0.25, 0.3) is 0 Å². The highest BCUT2D eigenvalue weighted by atomic mass is 16.5. The zero-order valence-corrected chi connectivity index (χ0v) is 6.90. The molecule has 0 aliphatic carbocycles. The van der Waals surface area contributed by atoms with Crippen LogP contribution in [0, 0.1) is 0 Å². The number of rotatable bonds is 5. The van der Waals surface area contributed by atoms with Gasteiger partial charge >= 0.3 is 0 Å². The second-order valence-corrected chi connectivity index (χ2v) is 2.41. The van der Waals surface area contributed by atoms with Gasteiger partial charge in [0.05, 0.1) is 12.7 Å². The van der Waals surface area contributed by atoms with Gasteiger partial charge < -0.3 is 20.1 Å². The smallest absolute Gasteiger partial charge is 0.109 e. The summed E-state index contributed by atoms with van der Waals surface area (Å²) < 4.78 is 4.95. The van der Waals surface area contributed by atoms with E-state index < -0.39 is 18.3 Å². The number of aliphatic hydroxyl groups excluding tert-OH is 3. The first-order chi connectivity index (χ1) is 5.13. The summed E-state index contributed by atoms with van der Waals surface area (Å²) in [6, 6.07) is 0. The third kappa shape index (κ3) is 3.67. The summed E-state index contributed by atoms with van der Waals surface area (Å²) in [7, 11) is 0. The molecular weight excluding hydrogens is 148 g/mol. The molecule has 3 unspecified atom stereocenters. The topological polar surface area (TPSA) is 69.9 Å². The Labute approximate surface area is 66.4 Å². The van der Waals surface area contributed by atoms with E-state index in [0.29, 0.717) is 6.61 Å². The van der Waals surface area contributed by atoms with Crippen LogP contribution in [0.15, 0.2) is 0 Å². The monoisotopic (exact) mass is 164 g/mol. The highest BCUT2D eigenvalue weighted by Gasteiger charge is 2.22. The first-order valence-corrected chi connectivity index (χ1v) is 3.72. The zero-order valence-electron chi connectivity index (χ0n) is 6.90. The maximum absolute atomic E-state index is 9.18. The minimum Gasteiger partial charge on any atom is -0.394 e. The third-order valence-corrected chi connectivity index (χ3v) is 1.44. The van der Waals surface area contributed by atoms with Gasteiger partial charge in [0.2, 0.25) is 0 Å². The minimum atomic E-state index is -1.01. The van der Waals surface area contributed by atoms with Crippen LogP contribution in [0.3, 0.4) is 0 Å². The van der Waals surface area contributed by atoms with Crippen LogP contribution in [0.25, 0.3) is 0 Å². The molecule has 0 aliphatic heterocycles. The fourth-order valence-corrected chi connectivity index (χ4v) is 0.784. The average molecular weight is 164 g/mol. The molecule has 0 fully saturated rings. The van der Waals surface area contributed by atoms with Gasteiger partial charge in [0.15, 0.2) is 0 Å². The fourth-order valence-electron chi connectivity index (χ4n) is 0.784. The summed E-state index contributed by atoms with van der Waals surface area (Å²) >= 11 is 0. The lowest BCUT2D eigenvalue weighted by Gasteiger charge is -2.22. The number of hydrogen-bond donors (Lipinski definition) is 3. The van der Waals surface area contributed by atoms with Crippen molar-refractivity contribution in [1.29, 1.82) is 0 Å². The summed E-state index contributed by atoms with van der Waals surface area (Å²) in [4.78, 5) is 0. The Morgan fingerprint density at radius 1 is 1.36 bits per heavy atom. The Balaban J connectivity index is 3.81. The number of hydrogen-bond acceptors (Lipinski definition) is 4. The van der Waals surface area contributed by atoms with Gasteiger partial charge in [0, 0.05) is 6.61 Å². The Morgan fingerprint density at radius 2 is 1.91 bits per heavy atom. The molecule has 0 bridgehead atoms. The SMILES string of the molecule is CCOC(CO)C(O)C(C)O. The molecule has 11 heavy (non-hydrogen) atoms. The standard InChI is InChI=1S/C7H16O4/c1-3-11-6(4-8)7(10)5(2)9/h5-10H,3-4H2,1-2H3. The molecule has 4 nitrogen and oxygen atoms in total. The summed E-state index contributed by atoms with van der Waals surface area (Å²) in [5, 5.41) is 26.8. The highest BCUT2D eigenvalue weighted by Crippen LogP contribution is 2.03. The van der Waals surface area contributed by atoms with Crippen molar-refractivity contribution in [2.45, 2.75) is 32.2 Å². The third-order valence-electron chi connectivity index (χ3n) is 1.44. The van der Waals surface area contributed by atoms with Crippen molar-refractivity contribution >= 4 is 0 Å². The summed E-state index contributed by atoms with van der Waals surface area (Å²) in [6.45, 7) is 3.35. The van der Waals surface area contributed by atoms with E-state index in [1.54, 1.807) is 6.92 Å². The predicted molar refractivity (Wildman–Crippen MR) is 40.2 cm³/mol. The van der Waals surface area contributed by atoms with E-state index in [2.05, 4.69) is 0 Å². The van der Waals surface area contributed by atoms with Crippen LogP contribution in [0.2, 0.25) is 0 Å². The van der Waals surface area contributed by atoms with E-state index in [9.17, 15) is 5.11 Å². The van der Waals surface area contributed by atoms with Crippen molar-refractivity contribution < 1.29 is 20.1 Å². The largest absolute Gasteiger partial charge is 0.394 e. The molecule has 0 amide bonds. The van der Waals surface area contributed by atoms with E-state index in [1.165, 1.54) is 6.92 Å². The molecule has 68 valence electrons. The van der Waals surface area contributed by atoms with Gasteiger partial charge in [-0.2, -0.15) is 0 Å². The van der Waals surface area contributed by atoms with Crippen molar-refractivity contribution in [3.05, 3.63) is 0 Å². The Kier molecular flexibility index (Phi) is 5.41. The van der Waals surface area contributed by atoms with Crippen LogP contribution < -0.4 is 0 Å². The lowest BCUT2D eigenvalue weighted by molar-refractivity contribution is -0.0992. The fraction of sp³-hybridized carbons (Fsp3) is 1.00. The van der Waals surface area contributed by atoms with Crippen molar-refractivity contribution in [1.82, 2.24) is 0 Å². The maximum atomic E-state index is 9.18. The van der Waals surface area contributed by atoms with Gasteiger partial charge in [-0.3, -0.25) is 0 Å². The van der Waals surface area contributed by atoms with Crippen molar-refractivity contribution in [2.24, 2.45) is 0 Å². The van der Waals surface area contributed by atoms with Crippen LogP contribution in [-0.4, -0.2) is 46.8 Å². The van der Waals surface area contributed by atoms with Crippen LogP contribution in [-0.2, 0) is 4.74 Å². The molecular formula is C7H16O4. The summed E-state index contributed by atoms with van der Waals surface area (Å²) in [5.74, 6) is 0. The Morgan fingerprint density at radius 3 is 2.18 bits per heavy atom. The van der Waals surface area contributed by atoms with Crippen LogP contribution in [0.4, 0.5) is 0 Å². The minimum absolute atomic E-state index is 0.278. The van der Waals surface area contributed by atoms with Gasteiger partial charge in [-0.15, -0.1) is 0 Å². The molecule has 0 aromatic carbocycles. The Bertz CT molecular complexity index is 94.4. The molecule has 0 radical (unpaired) electrons. The van der Waals surface area contributed by atoms with Gasteiger partial charge in [-0.1, -0.05) is 0 Å². The van der Waals surface area contributed by atoms with Crippen LogP contribution in [0.5, 0.6) is 0 Å². The van der Waals surface area contributed by atoms with E-state index in [-0.39, 0.29) is 6.61 Å². The average Bonchev–Trinajstić information content (AvgIpc) is 1.98. The molecule has 0 aromatic heterocycles.